The zero-order valence-electron chi connectivity index (χ0n) is 6.50. The maximum absolute atomic E-state index is 7.26. The molecule has 0 spiro atoms. The van der Waals surface area contributed by atoms with Gasteiger partial charge in [-0.15, -0.1) is 0 Å². The van der Waals surface area contributed by atoms with Gasteiger partial charge in [0.25, 0.3) is 0 Å². The molecule has 2 nitrogen and oxygen atoms in total. The fourth-order valence-corrected chi connectivity index (χ4v) is 0.812. The highest BCUT2D eigenvalue weighted by atomic mass is 14.8. The van der Waals surface area contributed by atoms with Crippen LogP contribution in [0.2, 0.25) is 0 Å². The Bertz CT molecular complexity index is 141. The molecule has 0 rings (SSSR count). The van der Waals surface area contributed by atoms with Gasteiger partial charge in [-0.25, -0.2) is 0 Å². The third-order valence-electron chi connectivity index (χ3n) is 1.12. The smallest absolute Gasteiger partial charge is 0.0532 e. The third-order valence-corrected chi connectivity index (χ3v) is 1.12. The van der Waals surface area contributed by atoms with Crippen molar-refractivity contribution >= 4 is 5.71 Å². The van der Waals surface area contributed by atoms with Crippen LogP contribution in [0.4, 0.5) is 0 Å². The summed E-state index contributed by atoms with van der Waals surface area (Å²) < 4.78 is 0. The monoisotopic (exact) mass is 126 g/mol. The van der Waals surface area contributed by atoms with Gasteiger partial charge >= 0.3 is 0 Å². The average Bonchev–Trinajstić information content (AvgIpc) is 1.64. The molecular formula is C7H14N2. The molecule has 0 atom stereocenters. The van der Waals surface area contributed by atoms with Gasteiger partial charge in [0.05, 0.1) is 11.4 Å². The van der Waals surface area contributed by atoms with Gasteiger partial charge in [-0.05, 0) is 20.8 Å². The van der Waals surface area contributed by atoms with Crippen molar-refractivity contribution in [2.24, 2.45) is 0 Å². The molecule has 0 aliphatic heterocycles. The number of nitrogens with one attached hydrogen (secondary N) is 2. The first-order chi connectivity index (χ1) is 4.09. The maximum atomic E-state index is 7.26. The predicted molar refractivity (Wildman–Crippen MR) is 40.8 cm³/mol. The van der Waals surface area contributed by atoms with E-state index in [1.54, 1.807) is 6.92 Å². The van der Waals surface area contributed by atoms with E-state index in [1.165, 1.54) is 0 Å². The van der Waals surface area contributed by atoms with Gasteiger partial charge in [-0.1, -0.05) is 5.57 Å². The Morgan fingerprint density at radius 1 is 1.22 bits per heavy atom. The fraction of sp³-hybridized carbons (Fsp3) is 0.571. The minimum atomic E-state index is 0.595. The Hall–Kier alpha value is -0.790. The lowest BCUT2D eigenvalue weighted by atomic mass is 10.2. The fourth-order valence-electron chi connectivity index (χ4n) is 0.812. The quantitative estimate of drug-likeness (QED) is 0.541. The van der Waals surface area contributed by atoms with Gasteiger partial charge in [0, 0.05) is 7.05 Å². The van der Waals surface area contributed by atoms with Crippen molar-refractivity contribution < 1.29 is 0 Å². The first-order valence-corrected chi connectivity index (χ1v) is 3.00. The Kier molecular flexibility index (Phi) is 2.99. The van der Waals surface area contributed by atoms with Gasteiger partial charge in [0.15, 0.2) is 0 Å². The molecule has 0 amide bonds. The van der Waals surface area contributed by atoms with Crippen molar-refractivity contribution in [3.63, 3.8) is 0 Å². The van der Waals surface area contributed by atoms with Crippen molar-refractivity contribution in [3.8, 4) is 0 Å². The number of hydrogen-bond acceptors (Lipinski definition) is 2. The topological polar surface area (TPSA) is 35.9 Å². The summed E-state index contributed by atoms with van der Waals surface area (Å²) in [5.74, 6) is 0. The molecule has 2 heteroatoms. The highest BCUT2D eigenvalue weighted by Crippen LogP contribution is 1.98. The van der Waals surface area contributed by atoms with Crippen LogP contribution in [0.15, 0.2) is 11.3 Å². The second-order valence-electron chi connectivity index (χ2n) is 2.25. The Morgan fingerprint density at radius 3 is 1.67 bits per heavy atom. The van der Waals surface area contributed by atoms with Gasteiger partial charge < -0.3 is 10.7 Å². The van der Waals surface area contributed by atoms with E-state index < -0.39 is 0 Å². The molecule has 0 unspecified atom stereocenters. The molecule has 0 bridgehead atoms. The van der Waals surface area contributed by atoms with E-state index in [2.05, 4.69) is 5.32 Å². The lowest BCUT2D eigenvalue weighted by Crippen LogP contribution is -2.14. The van der Waals surface area contributed by atoms with Crippen LogP contribution in [0.5, 0.6) is 0 Å². The Morgan fingerprint density at radius 2 is 1.67 bits per heavy atom. The molecule has 2 N–H and O–H groups in total. The first-order valence-electron chi connectivity index (χ1n) is 3.00. The molecule has 0 aromatic rings. The van der Waals surface area contributed by atoms with Crippen molar-refractivity contribution in [3.05, 3.63) is 11.3 Å². The van der Waals surface area contributed by atoms with E-state index in [1.807, 2.05) is 20.9 Å². The molecule has 0 saturated carbocycles. The molecular weight excluding hydrogens is 112 g/mol. The third kappa shape index (κ3) is 2.31. The SMILES string of the molecule is CNC(C(C)=N)=C(C)C. The highest BCUT2D eigenvalue weighted by molar-refractivity contribution is 5.95. The van der Waals surface area contributed by atoms with Gasteiger partial charge in [0.2, 0.25) is 0 Å². The zero-order chi connectivity index (χ0) is 7.44. The standard InChI is InChI=1S/C7H14N2/c1-5(2)7(9-4)6(3)8/h8-9H,1-4H3. The van der Waals surface area contributed by atoms with E-state index >= 15 is 0 Å². The number of hydrogen-bond donors (Lipinski definition) is 2. The maximum Gasteiger partial charge on any atom is 0.0532 e. The largest absolute Gasteiger partial charge is 0.387 e. The van der Waals surface area contributed by atoms with E-state index in [-0.39, 0.29) is 0 Å². The van der Waals surface area contributed by atoms with Crippen molar-refractivity contribution in [1.29, 1.82) is 5.41 Å². The van der Waals surface area contributed by atoms with Crippen molar-refractivity contribution in [2.45, 2.75) is 20.8 Å². The zero-order valence-corrected chi connectivity index (χ0v) is 6.50. The molecule has 0 aromatic carbocycles. The van der Waals surface area contributed by atoms with E-state index in [9.17, 15) is 0 Å². The van der Waals surface area contributed by atoms with Crippen LogP contribution in [0.25, 0.3) is 0 Å². The van der Waals surface area contributed by atoms with Crippen LogP contribution in [-0.2, 0) is 0 Å². The van der Waals surface area contributed by atoms with Gasteiger partial charge in [-0.2, -0.15) is 0 Å². The van der Waals surface area contributed by atoms with Crippen LogP contribution in [0.1, 0.15) is 20.8 Å². The minimum absolute atomic E-state index is 0.595. The molecule has 0 aliphatic rings. The Balaban J connectivity index is 4.35. The summed E-state index contributed by atoms with van der Waals surface area (Å²) in [7, 11) is 1.83. The van der Waals surface area contributed by atoms with E-state index in [4.69, 9.17) is 5.41 Å². The van der Waals surface area contributed by atoms with Crippen LogP contribution in [0.3, 0.4) is 0 Å². The van der Waals surface area contributed by atoms with Crippen LogP contribution in [0, 0.1) is 5.41 Å². The molecule has 0 fully saturated rings. The van der Waals surface area contributed by atoms with Crippen molar-refractivity contribution in [2.75, 3.05) is 7.05 Å². The summed E-state index contributed by atoms with van der Waals surface area (Å²) in [5.41, 5.74) is 2.69. The van der Waals surface area contributed by atoms with Crippen LogP contribution < -0.4 is 5.32 Å². The summed E-state index contributed by atoms with van der Waals surface area (Å²) in [4.78, 5) is 0. The molecule has 0 aliphatic carbocycles. The summed E-state index contributed by atoms with van der Waals surface area (Å²) >= 11 is 0. The Labute approximate surface area is 56.5 Å². The summed E-state index contributed by atoms with van der Waals surface area (Å²) in [6.45, 7) is 5.76. The summed E-state index contributed by atoms with van der Waals surface area (Å²) in [6, 6.07) is 0. The molecule has 52 valence electrons. The van der Waals surface area contributed by atoms with E-state index in [0.29, 0.717) is 5.71 Å². The summed E-state index contributed by atoms with van der Waals surface area (Å²) in [6.07, 6.45) is 0. The van der Waals surface area contributed by atoms with Crippen LogP contribution in [-0.4, -0.2) is 12.8 Å². The molecule has 0 heterocycles. The van der Waals surface area contributed by atoms with Crippen molar-refractivity contribution in [1.82, 2.24) is 5.32 Å². The van der Waals surface area contributed by atoms with Gasteiger partial charge in [0.1, 0.15) is 0 Å². The molecule has 0 saturated heterocycles. The van der Waals surface area contributed by atoms with Gasteiger partial charge in [-0.3, -0.25) is 0 Å². The number of rotatable bonds is 2. The number of allylic oxidation sites excluding steroid dienone is 2. The average molecular weight is 126 g/mol. The first kappa shape index (κ1) is 8.21. The lowest BCUT2D eigenvalue weighted by molar-refractivity contribution is 1.01. The predicted octanol–water partition coefficient (Wildman–Crippen LogP) is 1.54. The van der Waals surface area contributed by atoms with Crippen LogP contribution >= 0.6 is 0 Å². The molecule has 9 heavy (non-hydrogen) atoms. The lowest BCUT2D eigenvalue weighted by Gasteiger charge is -2.05. The second-order valence-corrected chi connectivity index (χ2v) is 2.25. The van der Waals surface area contributed by atoms with E-state index in [0.717, 1.165) is 11.3 Å². The molecule has 0 radical (unpaired) electrons. The summed E-state index contributed by atoms with van der Waals surface area (Å²) in [5, 5.41) is 10.2. The minimum Gasteiger partial charge on any atom is -0.387 e. The molecule has 0 aromatic heterocycles. The second kappa shape index (κ2) is 3.28. The highest BCUT2D eigenvalue weighted by Gasteiger charge is 1.96. The normalized spacial score (nSPS) is 8.44.